The first-order valence-electron chi connectivity index (χ1n) is 11.8. The van der Waals surface area contributed by atoms with Gasteiger partial charge in [-0.2, -0.15) is 4.98 Å². The molecule has 7 nitrogen and oxygen atoms in total. The first-order chi connectivity index (χ1) is 15.5. The highest BCUT2D eigenvalue weighted by atomic mass is 35.5. The van der Waals surface area contributed by atoms with E-state index in [1.807, 2.05) is 30.5 Å². The Kier molecular flexibility index (Phi) is 5.95. The number of aromatic nitrogens is 4. The number of nitrogens with zero attached hydrogens (tertiary/aromatic N) is 4. The van der Waals surface area contributed by atoms with Crippen LogP contribution in [0.2, 0.25) is 5.02 Å². The SMILES string of the molecule is CC1(Nc2ncc3nc(Nc4cccc(Cl)c4)n(C4CCC(CN)CC4)c3n2)CCCC1. The smallest absolute Gasteiger partial charge is 0.225 e. The lowest BCUT2D eigenvalue weighted by Crippen LogP contribution is -2.31. The van der Waals surface area contributed by atoms with E-state index in [4.69, 9.17) is 27.3 Å². The van der Waals surface area contributed by atoms with Crippen molar-refractivity contribution in [2.75, 3.05) is 17.2 Å². The van der Waals surface area contributed by atoms with E-state index < -0.39 is 0 Å². The van der Waals surface area contributed by atoms with Crippen LogP contribution in [-0.4, -0.2) is 31.6 Å². The van der Waals surface area contributed by atoms with Crippen LogP contribution in [0, 0.1) is 5.92 Å². The number of fused-ring (bicyclic) bond motifs is 1. The van der Waals surface area contributed by atoms with Gasteiger partial charge in [-0.1, -0.05) is 30.5 Å². The summed E-state index contributed by atoms with van der Waals surface area (Å²) in [5, 5.41) is 7.78. The standard InChI is InChI=1S/C24H32ClN7/c1-24(11-2-3-12-24)31-22-27-15-20-21(30-22)32(19-9-7-16(14-26)8-10-19)23(29-20)28-18-6-4-5-17(25)13-18/h4-6,13,15-16,19H,2-3,7-12,14,26H2,1H3,(H,28,29)(H,27,30,31). The van der Waals surface area contributed by atoms with Crippen molar-refractivity contribution in [3.05, 3.63) is 35.5 Å². The summed E-state index contributed by atoms with van der Waals surface area (Å²) >= 11 is 6.22. The summed E-state index contributed by atoms with van der Waals surface area (Å²) in [6.45, 7) is 3.03. The van der Waals surface area contributed by atoms with Crippen LogP contribution in [0.3, 0.4) is 0 Å². The third-order valence-corrected chi connectivity index (χ3v) is 7.38. The molecule has 32 heavy (non-hydrogen) atoms. The van der Waals surface area contributed by atoms with Gasteiger partial charge in [0.15, 0.2) is 5.65 Å². The molecule has 4 N–H and O–H groups in total. The molecule has 5 rings (SSSR count). The molecule has 0 bridgehead atoms. The van der Waals surface area contributed by atoms with Crippen molar-refractivity contribution in [2.45, 2.75) is 69.9 Å². The molecule has 3 aromatic rings. The third-order valence-electron chi connectivity index (χ3n) is 7.15. The van der Waals surface area contributed by atoms with Gasteiger partial charge >= 0.3 is 0 Å². The average Bonchev–Trinajstić information content (AvgIpc) is 3.37. The highest BCUT2D eigenvalue weighted by molar-refractivity contribution is 6.30. The van der Waals surface area contributed by atoms with Gasteiger partial charge in [0.25, 0.3) is 0 Å². The van der Waals surface area contributed by atoms with E-state index >= 15 is 0 Å². The lowest BCUT2D eigenvalue weighted by atomic mass is 9.86. The van der Waals surface area contributed by atoms with Crippen LogP contribution in [0.5, 0.6) is 0 Å². The molecule has 0 atom stereocenters. The van der Waals surface area contributed by atoms with E-state index in [1.54, 1.807) is 0 Å². The highest BCUT2D eigenvalue weighted by Gasteiger charge is 2.30. The van der Waals surface area contributed by atoms with Crippen LogP contribution in [0.4, 0.5) is 17.6 Å². The zero-order chi connectivity index (χ0) is 22.1. The fraction of sp³-hybridized carbons (Fsp3) is 0.542. The molecular weight excluding hydrogens is 422 g/mol. The number of benzene rings is 1. The van der Waals surface area contributed by atoms with E-state index in [0.29, 0.717) is 22.9 Å². The minimum atomic E-state index is 0.0690. The van der Waals surface area contributed by atoms with Crippen LogP contribution in [0.25, 0.3) is 11.2 Å². The number of hydrogen-bond donors (Lipinski definition) is 3. The summed E-state index contributed by atoms with van der Waals surface area (Å²) in [5.41, 5.74) is 8.60. The summed E-state index contributed by atoms with van der Waals surface area (Å²) in [6, 6.07) is 8.05. The van der Waals surface area contributed by atoms with Gasteiger partial charge in [0, 0.05) is 22.3 Å². The van der Waals surface area contributed by atoms with Gasteiger partial charge in [0.2, 0.25) is 11.9 Å². The molecule has 2 fully saturated rings. The normalized spacial score (nSPS) is 22.8. The third kappa shape index (κ3) is 4.41. The number of halogens is 1. The number of nitrogens with two attached hydrogens (primary N) is 1. The molecule has 2 aromatic heterocycles. The molecule has 0 saturated heterocycles. The summed E-state index contributed by atoms with van der Waals surface area (Å²) in [4.78, 5) is 14.4. The predicted molar refractivity (Wildman–Crippen MR) is 131 cm³/mol. The first kappa shape index (κ1) is 21.5. The fourth-order valence-electron chi connectivity index (χ4n) is 5.27. The number of imidazole rings is 1. The Morgan fingerprint density at radius 2 is 1.94 bits per heavy atom. The maximum absolute atomic E-state index is 6.22. The number of nitrogens with one attached hydrogen (secondary N) is 2. The Balaban J connectivity index is 1.52. The number of anilines is 3. The fourth-order valence-corrected chi connectivity index (χ4v) is 5.46. The van der Waals surface area contributed by atoms with Crippen molar-refractivity contribution in [1.82, 2.24) is 19.5 Å². The van der Waals surface area contributed by atoms with Crippen molar-refractivity contribution in [3.8, 4) is 0 Å². The molecule has 2 heterocycles. The maximum Gasteiger partial charge on any atom is 0.225 e. The summed E-state index contributed by atoms with van der Waals surface area (Å²) in [7, 11) is 0. The summed E-state index contributed by atoms with van der Waals surface area (Å²) < 4.78 is 2.27. The van der Waals surface area contributed by atoms with Gasteiger partial charge < -0.3 is 16.4 Å². The highest BCUT2D eigenvalue weighted by Crippen LogP contribution is 2.37. The summed E-state index contributed by atoms with van der Waals surface area (Å²) in [5.74, 6) is 2.09. The van der Waals surface area contributed by atoms with Crippen LogP contribution in [0.15, 0.2) is 30.5 Å². The molecular formula is C24H32ClN7. The Labute approximate surface area is 194 Å². The van der Waals surface area contributed by atoms with E-state index in [2.05, 4.69) is 27.1 Å². The maximum atomic E-state index is 6.22. The molecule has 0 radical (unpaired) electrons. The van der Waals surface area contributed by atoms with Crippen molar-refractivity contribution in [3.63, 3.8) is 0 Å². The molecule has 0 amide bonds. The molecule has 0 spiro atoms. The Morgan fingerprint density at radius 3 is 2.66 bits per heavy atom. The molecule has 1 aromatic carbocycles. The molecule has 2 aliphatic carbocycles. The monoisotopic (exact) mass is 453 g/mol. The second kappa shape index (κ2) is 8.87. The molecule has 2 saturated carbocycles. The quantitative estimate of drug-likeness (QED) is 0.446. The van der Waals surface area contributed by atoms with E-state index in [1.165, 1.54) is 12.8 Å². The topological polar surface area (TPSA) is 93.7 Å². The minimum absolute atomic E-state index is 0.0690. The zero-order valence-corrected chi connectivity index (χ0v) is 19.4. The van der Waals surface area contributed by atoms with Crippen molar-refractivity contribution in [2.24, 2.45) is 11.7 Å². The number of rotatable bonds is 6. The molecule has 8 heteroatoms. The Morgan fingerprint density at radius 1 is 1.16 bits per heavy atom. The molecule has 170 valence electrons. The van der Waals surface area contributed by atoms with Gasteiger partial charge in [-0.05, 0) is 76.1 Å². The van der Waals surface area contributed by atoms with Crippen LogP contribution < -0.4 is 16.4 Å². The Hall–Kier alpha value is -2.38. The second-order valence-corrected chi connectivity index (χ2v) is 10.1. The first-order valence-corrected chi connectivity index (χ1v) is 12.2. The molecule has 2 aliphatic rings. The zero-order valence-electron chi connectivity index (χ0n) is 18.6. The summed E-state index contributed by atoms with van der Waals surface area (Å²) in [6.07, 6.45) is 11.1. The van der Waals surface area contributed by atoms with E-state index in [-0.39, 0.29) is 5.54 Å². The van der Waals surface area contributed by atoms with Crippen LogP contribution >= 0.6 is 11.6 Å². The van der Waals surface area contributed by atoms with Crippen molar-refractivity contribution < 1.29 is 0 Å². The van der Waals surface area contributed by atoms with Gasteiger partial charge in [-0.25, -0.2) is 9.97 Å². The molecule has 0 unspecified atom stereocenters. The average molecular weight is 454 g/mol. The van der Waals surface area contributed by atoms with E-state index in [0.717, 1.165) is 67.9 Å². The number of hydrogen-bond acceptors (Lipinski definition) is 6. The lowest BCUT2D eigenvalue weighted by molar-refractivity contribution is 0.284. The molecule has 0 aliphatic heterocycles. The van der Waals surface area contributed by atoms with Crippen molar-refractivity contribution >= 4 is 40.3 Å². The predicted octanol–water partition coefficient (Wildman–Crippen LogP) is 5.66. The van der Waals surface area contributed by atoms with Crippen LogP contribution in [-0.2, 0) is 0 Å². The lowest BCUT2D eigenvalue weighted by Gasteiger charge is -2.30. The van der Waals surface area contributed by atoms with Gasteiger partial charge in [0.05, 0.1) is 6.20 Å². The second-order valence-electron chi connectivity index (χ2n) is 9.65. The minimum Gasteiger partial charge on any atom is -0.349 e. The van der Waals surface area contributed by atoms with Gasteiger partial charge in [0.1, 0.15) is 5.52 Å². The van der Waals surface area contributed by atoms with Crippen LogP contribution in [0.1, 0.15) is 64.3 Å². The van der Waals surface area contributed by atoms with Gasteiger partial charge in [-0.15, -0.1) is 0 Å². The van der Waals surface area contributed by atoms with Crippen molar-refractivity contribution in [1.29, 1.82) is 0 Å². The Bertz CT molecular complexity index is 1080. The van der Waals surface area contributed by atoms with Gasteiger partial charge in [-0.3, -0.25) is 4.57 Å². The largest absolute Gasteiger partial charge is 0.349 e. The van der Waals surface area contributed by atoms with E-state index in [9.17, 15) is 0 Å².